The summed E-state index contributed by atoms with van der Waals surface area (Å²) in [6.07, 6.45) is 10.6. The minimum Gasteiger partial charge on any atom is -0.396 e. The molecule has 0 bridgehead atoms. The van der Waals surface area contributed by atoms with E-state index in [0.29, 0.717) is 11.8 Å². The van der Waals surface area contributed by atoms with Crippen LogP contribution in [0.2, 0.25) is 0 Å². The summed E-state index contributed by atoms with van der Waals surface area (Å²) in [6.45, 7) is 4.06. The number of amides is 1. The third-order valence-corrected chi connectivity index (χ3v) is 5.02. The van der Waals surface area contributed by atoms with Gasteiger partial charge in [0.1, 0.15) is 0 Å². The molecule has 1 amide bonds. The van der Waals surface area contributed by atoms with Crippen molar-refractivity contribution in [2.45, 2.75) is 64.7 Å². The molecule has 0 aromatic heterocycles. The zero-order chi connectivity index (χ0) is 14.4. The fourth-order valence-corrected chi connectivity index (χ4v) is 3.67. The van der Waals surface area contributed by atoms with Gasteiger partial charge in [-0.1, -0.05) is 32.6 Å². The lowest BCUT2D eigenvalue weighted by Gasteiger charge is -2.26. The van der Waals surface area contributed by atoms with E-state index in [4.69, 9.17) is 5.11 Å². The SMILES string of the molecule is CCCCCCCN(CCCO)C(=O)C1CC2CC2C1. The van der Waals surface area contributed by atoms with Gasteiger partial charge < -0.3 is 10.0 Å². The maximum absolute atomic E-state index is 12.6. The third kappa shape index (κ3) is 4.47. The lowest BCUT2D eigenvalue weighted by molar-refractivity contribution is -0.136. The average molecular weight is 281 g/mol. The molecule has 0 aliphatic heterocycles. The van der Waals surface area contributed by atoms with E-state index < -0.39 is 0 Å². The molecule has 2 fully saturated rings. The van der Waals surface area contributed by atoms with Crippen molar-refractivity contribution in [1.82, 2.24) is 4.90 Å². The van der Waals surface area contributed by atoms with Crippen LogP contribution in [0.3, 0.4) is 0 Å². The highest BCUT2D eigenvalue weighted by atomic mass is 16.3. The Morgan fingerprint density at radius 3 is 2.30 bits per heavy atom. The van der Waals surface area contributed by atoms with Crippen LogP contribution in [0, 0.1) is 17.8 Å². The molecule has 116 valence electrons. The molecule has 1 N–H and O–H groups in total. The van der Waals surface area contributed by atoms with Crippen LogP contribution in [0.15, 0.2) is 0 Å². The molecule has 0 radical (unpaired) electrons. The topological polar surface area (TPSA) is 40.5 Å². The molecule has 2 aliphatic carbocycles. The summed E-state index contributed by atoms with van der Waals surface area (Å²) in [5.74, 6) is 2.41. The van der Waals surface area contributed by atoms with Gasteiger partial charge in [-0.15, -0.1) is 0 Å². The number of carbonyl (C=O) groups excluding carboxylic acids is 1. The molecule has 2 unspecified atom stereocenters. The van der Waals surface area contributed by atoms with Gasteiger partial charge in [-0.05, 0) is 43.9 Å². The summed E-state index contributed by atoms with van der Waals surface area (Å²) in [4.78, 5) is 14.6. The van der Waals surface area contributed by atoms with Gasteiger partial charge in [-0.25, -0.2) is 0 Å². The molecular formula is C17H31NO2. The van der Waals surface area contributed by atoms with Crippen LogP contribution in [0.5, 0.6) is 0 Å². The second kappa shape index (κ2) is 8.02. The van der Waals surface area contributed by atoms with Crippen molar-refractivity contribution >= 4 is 5.91 Å². The van der Waals surface area contributed by atoms with E-state index in [2.05, 4.69) is 6.92 Å². The number of hydrogen-bond acceptors (Lipinski definition) is 2. The first-order chi connectivity index (χ1) is 9.76. The van der Waals surface area contributed by atoms with Crippen molar-refractivity contribution in [3.8, 4) is 0 Å². The molecule has 0 aromatic carbocycles. The van der Waals surface area contributed by atoms with Gasteiger partial charge in [0.2, 0.25) is 5.91 Å². The van der Waals surface area contributed by atoms with Crippen LogP contribution in [-0.2, 0) is 4.79 Å². The van der Waals surface area contributed by atoms with Gasteiger partial charge in [-0.2, -0.15) is 0 Å². The summed E-state index contributed by atoms with van der Waals surface area (Å²) in [6, 6.07) is 0. The fraction of sp³-hybridized carbons (Fsp3) is 0.941. The monoisotopic (exact) mass is 281 g/mol. The first kappa shape index (κ1) is 15.8. The van der Waals surface area contributed by atoms with Crippen LogP contribution >= 0.6 is 0 Å². The van der Waals surface area contributed by atoms with Gasteiger partial charge in [0.25, 0.3) is 0 Å². The van der Waals surface area contributed by atoms with Crippen molar-refractivity contribution < 1.29 is 9.90 Å². The number of aliphatic hydroxyl groups excluding tert-OH is 1. The number of aliphatic hydroxyl groups is 1. The highest BCUT2D eigenvalue weighted by Gasteiger charge is 2.48. The summed E-state index contributed by atoms with van der Waals surface area (Å²) >= 11 is 0. The van der Waals surface area contributed by atoms with Gasteiger partial charge in [0, 0.05) is 25.6 Å². The molecule has 0 heterocycles. The first-order valence-corrected chi connectivity index (χ1v) is 8.66. The number of nitrogens with zero attached hydrogens (tertiary/aromatic N) is 1. The molecule has 2 atom stereocenters. The predicted octanol–water partition coefficient (Wildman–Crippen LogP) is 3.21. The van der Waals surface area contributed by atoms with Crippen LogP contribution in [0.1, 0.15) is 64.7 Å². The average Bonchev–Trinajstić information content (AvgIpc) is 3.07. The Morgan fingerprint density at radius 2 is 1.65 bits per heavy atom. The Morgan fingerprint density at radius 1 is 1.00 bits per heavy atom. The van der Waals surface area contributed by atoms with E-state index in [9.17, 15) is 4.79 Å². The largest absolute Gasteiger partial charge is 0.396 e. The number of carbonyl (C=O) groups is 1. The van der Waals surface area contributed by atoms with Gasteiger partial charge in [0.15, 0.2) is 0 Å². The molecule has 3 nitrogen and oxygen atoms in total. The van der Waals surface area contributed by atoms with Gasteiger partial charge >= 0.3 is 0 Å². The summed E-state index contributed by atoms with van der Waals surface area (Å²) < 4.78 is 0. The second-order valence-electron chi connectivity index (χ2n) is 6.74. The third-order valence-electron chi connectivity index (χ3n) is 5.02. The molecule has 0 aromatic rings. The molecule has 3 heteroatoms. The number of fused-ring (bicyclic) bond motifs is 1. The maximum atomic E-state index is 12.6. The first-order valence-electron chi connectivity index (χ1n) is 8.66. The normalized spacial score (nSPS) is 27.4. The Hall–Kier alpha value is -0.570. The van der Waals surface area contributed by atoms with E-state index in [1.165, 1.54) is 32.1 Å². The summed E-state index contributed by atoms with van der Waals surface area (Å²) in [5.41, 5.74) is 0. The van der Waals surface area contributed by atoms with Crippen molar-refractivity contribution in [2.24, 2.45) is 17.8 Å². The Bertz CT molecular complexity index is 295. The van der Waals surface area contributed by atoms with Crippen molar-refractivity contribution in [2.75, 3.05) is 19.7 Å². The van der Waals surface area contributed by atoms with Crippen LogP contribution in [0.4, 0.5) is 0 Å². The second-order valence-corrected chi connectivity index (χ2v) is 6.74. The molecule has 2 saturated carbocycles. The van der Waals surface area contributed by atoms with E-state index in [0.717, 1.165) is 50.6 Å². The molecule has 0 spiro atoms. The van der Waals surface area contributed by atoms with Crippen LogP contribution in [0.25, 0.3) is 0 Å². The Balaban J connectivity index is 1.71. The molecule has 2 aliphatic rings. The molecule has 0 saturated heterocycles. The lowest BCUT2D eigenvalue weighted by atomic mass is 10.0. The Kier molecular flexibility index (Phi) is 6.34. The number of rotatable bonds is 10. The van der Waals surface area contributed by atoms with E-state index in [1.807, 2.05) is 4.90 Å². The zero-order valence-corrected chi connectivity index (χ0v) is 13.0. The van der Waals surface area contributed by atoms with Crippen LogP contribution in [-0.4, -0.2) is 35.6 Å². The zero-order valence-electron chi connectivity index (χ0n) is 13.0. The smallest absolute Gasteiger partial charge is 0.225 e. The van der Waals surface area contributed by atoms with Gasteiger partial charge in [-0.3, -0.25) is 4.79 Å². The van der Waals surface area contributed by atoms with E-state index in [-0.39, 0.29) is 6.61 Å². The minimum absolute atomic E-state index is 0.190. The molecule has 2 rings (SSSR count). The van der Waals surface area contributed by atoms with Gasteiger partial charge in [0.05, 0.1) is 0 Å². The van der Waals surface area contributed by atoms with Crippen LogP contribution < -0.4 is 0 Å². The van der Waals surface area contributed by atoms with E-state index in [1.54, 1.807) is 0 Å². The molecule has 20 heavy (non-hydrogen) atoms. The molecular weight excluding hydrogens is 250 g/mol. The maximum Gasteiger partial charge on any atom is 0.225 e. The highest BCUT2D eigenvalue weighted by Crippen LogP contribution is 2.54. The summed E-state index contributed by atoms with van der Waals surface area (Å²) in [7, 11) is 0. The summed E-state index contributed by atoms with van der Waals surface area (Å²) in [5, 5.41) is 9.01. The Labute approximate surface area is 123 Å². The number of hydrogen-bond donors (Lipinski definition) is 1. The quantitative estimate of drug-likeness (QED) is 0.625. The highest BCUT2D eigenvalue weighted by molar-refractivity contribution is 5.79. The van der Waals surface area contributed by atoms with E-state index >= 15 is 0 Å². The minimum atomic E-state index is 0.190. The standard InChI is InChI=1S/C17H31NO2/c1-2-3-4-5-6-8-18(9-7-10-19)17(20)16-12-14-11-15(14)13-16/h14-16,19H,2-13H2,1H3. The fourth-order valence-electron chi connectivity index (χ4n) is 3.67. The lowest BCUT2D eigenvalue weighted by Crippen LogP contribution is -2.37. The number of unbranched alkanes of at least 4 members (excludes halogenated alkanes) is 4. The van der Waals surface area contributed by atoms with Crippen molar-refractivity contribution in [3.05, 3.63) is 0 Å². The van der Waals surface area contributed by atoms with Crippen molar-refractivity contribution in [3.63, 3.8) is 0 Å². The van der Waals surface area contributed by atoms with Crippen molar-refractivity contribution in [1.29, 1.82) is 0 Å². The predicted molar refractivity (Wildman–Crippen MR) is 81.4 cm³/mol.